The number of benzene rings is 1. The summed E-state index contributed by atoms with van der Waals surface area (Å²) in [6.07, 6.45) is 3.35. The third kappa shape index (κ3) is 5.71. The number of hydrogen-bond acceptors (Lipinski definition) is 3. The summed E-state index contributed by atoms with van der Waals surface area (Å²) >= 11 is 0. The maximum Gasteiger partial charge on any atom is 0.317 e. The van der Waals surface area contributed by atoms with Crippen LogP contribution < -0.4 is 5.32 Å². The third-order valence-corrected chi connectivity index (χ3v) is 5.60. The first kappa shape index (κ1) is 19.2. The topological polar surface area (TPSA) is 44.8 Å². The van der Waals surface area contributed by atoms with Gasteiger partial charge >= 0.3 is 6.03 Å². The van der Waals surface area contributed by atoms with Gasteiger partial charge in [-0.1, -0.05) is 30.3 Å². The molecular formula is C21H33N3O2. The lowest BCUT2D eigenvalue weighted by molar-refractivity contribution is 0.113. The van der Waals surface area contributed by atoms with Gasteiger partial charge in [0, 0.05) is 45.2 Å². The Balaban J connectivity index is 1.31. The second-order valence-corrected chi connectivity index (χ2v) is 7.64. The van der Waals surface area contributed by atoms with Crippen LogP contribution in [0.2, 0.25) is 0 Å². The standard InChI is InChI=1S/C21H33N3O2/c1-2-26-17-20-10-13-24(16-20)21(25)22-14-19-9-12-23(15-19)11-8-18-6-4-3-5-7-18/h3-7,19-20H,2,8-17H2,1H3,(H,22,25). The molecule has 2 aliphatic rings. The summed E-state index contributed by atoms with van der Waals surface area (Å²) in [6, 6.07) is 10.8. The normalized spacial score (nSPS) is 23.5. The minimum Gasteiger partial charge on any atom is -0.381 e. The molecule has 2 aliphatic heterocycles. The maximum absolute atomic E-state index is 12.4. The molecule has 0 bridgehead atoms. The number of carbonyl (C=O) groups is 1. The lowest BCUT2D eigenvalue weighted by Crippen LogP contribution is -2.41. The molecule has 5 heteroatoms. The van der Waals surface area contributed by atoms with Crippen LogP contribution in [0.15, 0.2) is 30.3 Å². The van der Waals surface area contributed by atoms with Crippen LogP contribution in [0.1, 0.15) is 25.3 Å². The first-order valence-corrected chi connectivity index (χ1v) is 10.1. The van der Waals surface area contributed by atoms with Crippen molar-refractivity contribution in [3.05, 3.63) is 35.9 Å². The van der Waals surface area contributed by atoms with E-state index < -0.39 is 0 Å². The summed E-state index contributed by atoms with van der Waals surface area (Å²) in [7, 11) is 0. The fourth-order valence-electron chi connectivity index (χ4n) is 4.00. The molecule has 5 nitrogen and oxygen atoms in total. The van der Waals surface area contributed by atoms with E-state index in [-0.39, 0.29) is 6.03 Å². The van der Waals surface area contributed by atoms with Crippen LogP contribution in [0.5, 0.6) is 0 Å². The zero-order valence-electron chi connectivity index (χ0n) is 16.0. The molecule has 0 saturated carbocycles. The summed E-state index contributed by atoms with van der Waals surface area (Å²) < 4.78 is 5.49. The van der Waals surface area contributed by atoms with Gasteiger partial charge in [0.05, 0.1) is 6.61 Å². The number of ether oxygens (including phenoxy) is 1. The fraction of sp³-hybridized carbons (Fsp3) is 0.667. The maximum atomic E-state index is 12.4. The quantitative estimate of drug-likeness (QED) is 0.776. The van der Waals surface area contributed by atoms with Gasteiger partial charge in [-0.05, 0) is 44.2 Å². The molecule has 1 aromatic carbocycles. The molecule has 2 atom stereocenters. The van der Waals surface area contributed by atoms with Crippen molar-refractivity contribution < 1.29 is 9.53 Å². The highest BCUT2D eigenvalue weighted by Crippen LogP contribution is 2.18. The average Bonchev–Trinajstić information content (AvgIpc) is 3.33. The van der Waals surface area contributed by atoms with Gasteiger partial charge in [-0.25, -0.2) is 4.79 Å². The van der Waals surface area contributed by atoms with Gasteiger partial charge in [-0.15, -0.1) is 0 Å². The van der Waals surface area contributed by atoms with E-state index in [0.717, 1.165) is 65.3 Å². The first-order valence-electron chi connectivity index (χ1n) is 10.1. The minimum atomic E-state index is 0.103. The number of rotatable bonds is 8. The smallest absolute Gasteiger partial charge is 0.317 e. The Hall–Kier alpha value is -1.59. The van der Waals surface area contributed by atoms with Crippen molar-refractivity contribution in [3.63, 3.8) is 0 Å². The molecule has 0 aromatic heterocycles. The summed E-state index contributed by atoms with van der Waals surface area (Å²) in [4.78, 5) is 16.8. The third-order valence-electron chi connectivity index (χ3n) is 5.60. The molecular weight excluding hydrogens is 326 g/mol. The van der Waals surface area contributed by atoms with E-state index >= 15 is 0 Å². The molecule has 144 valence electrons. The van der Waals surface area contributed by atoms with Gasteiger partial charge in [-0.3, -0.25) is 0 Å². The monoisotopic (exact) mass is 359 g/mol. The lowest BCUT2D eigenvalue weighted by Gasteiger charge is -2.20. The van der Waals surface area contributed by atoms with Gasteiger partial charge in [0.1, 0.15) is 0 Å². The summed E-state index contributed by atoms with van der Waals surface area (Å²) in [6.45, 7) is 9.40. The van der Waals surface area contributed by atoms with E-state index in [9.17, 15) is 4.79 Å². The number of hydrogen-bond donors (Lipinski definition) is 1. The summed E-state index contributed by atoms with van der Waals surface area (Å²) in [5.74, 6) is 1.08. The minimum absolute atomic E-state index is 0.103. The molecule has 3 rings (SSSR count). The highest BCUT2D eigenvalue weighted by molar-refractivity contribution is 5.74. The number of carbonyl (C=O) groups excluding carboxylic acids is 1. The summed E-state index contributed by atoms with van der Waals surface area (Å²) in [5.41, 5.74) is 1.40. The molecule has 1 N–H and O–H groups in total. The van der Waals surface area contributed by atoms with Crippen LogP contribution in [0.25, 0.3) is 0 Å². The Morgan fingerprint density at radius 2 is 1.96 bits per heavy atom. The Kier molecular flexibility index (Phi) is 7.32. The number of nitrogens with one attached hydrogen (secondary N) is 1. The zero-order valence-corrected chi connectivity index (χ0v) is 16.0. The van der Waals surface area contributed by atoms with Gasteiger partial charge in [0.25, 0.3) is 0 Å². The molecule has 0 spiro atoms. The van der Waals surface area contributed by atoms with Crippen molar-refractivity contribution >= 4 is 6.03 Å². The highest BCUT2D eigenvalue weighted by atomic mass is 16.5. The fourth-order valence-corrected chi connectivity index (χ4v) is 4.00. The molecule has 2 fully saturated rings. The molecule has 0 aliphatic carbocycles. The van der Waals surface area contributed by atoms with Crippen LogP contribution in [0.4, 0.5) is 4.79 Å². The van der Waals surface area contributed by atoms with E-state index in [2.05, 4.69) is 40.5 Å². The van der Waals surface area contributed by atoms with Gasteiger partial charge in [0.2, 0.25) is 0 Å². The molecule has 2 amide bonds. The molecule has 2 unspecified atom stereocenters. The second-order valence-electron chi connectivity index (χ2n) is 7.64. The summed E-state index contributed by atoms with van der Waals surface area (Å²) in [5, 5.41) is 3.16. The largest absolute Gasteiger partial charge is 0.381 e. The van der Waals surface area contributed by atoms with Crippen LogP contribution in [0.3, 0.4) is 0 Å². The SMILES string of the molecule is CCOCC1CCN(C(=O)NCC2CCN(CCc3ccccc3)C2)C1. The van der Waals surface area contributed by atoms with Gasteiger partial charge in [-0.2, -0.15) is 0 Å². The number of likely N-dealkylation sites (tertiary alicyclic amines) is 2. The molecule has 0 radical (unpaired) electrons. The van der Waals surface area contributed by atoms with Gasteiger partial charge in [0.15, 0.2) is 0 Å². The van der Waals surface area contributed by atoms with E-state index in [1.54, 1.807) is 0 Å². The van der Waals surface area contributed by atoms with Crippen molar-refractivity contribution in [2.24, 2.45) is 11.8 Å². The van der Waals surface area contributed by atoms with E-state index in [4.69, 9.17) is 4.74 Å². The van der Waals surface area contributed by atoms with Crippen LogP contribution >= 0.6 is 0 Å². The highest BCUT2D eigenvalue weighted by Gasteiger charge is 2.27. The predicted octanol–water partition coefficient (Wildman–Crippen LogP) is 2.62. The van der Waals surface area contributed by atoms with E-state index in [1.165, 1.54) is 12.0 Å². The van der Waals surface area contributed by atoms with Crippen molar-refractivity contribution in [2.45, 2.75) is 26.2 Å². The van der Waals surface area contributed by atoms with Crippen molar-refractivity contribution in [2.75, 3.05) is 52.5 Å². The second kappa shape index (κ2) is 9.93. The van der Waals surface area contributed by atoms with Crippen molar-refractivity contribution in [1.82, 2.24) is 15.1 Å². The van der Waals surface area contributed by atoms with Crippen molar-refractivity contribution in [1.29, 1.82) is 0 Å². The average molecular weight is 360 g/mol. The van der Waals surface area contributed by atoms with Crippen LogP contribution in [-0.2, 0) is 11.2 Å². The van der Waals surface area contributed by atoms with Gasteiger partial charge < -0.3 is 19.9 Å². The van der Waals surface area contributed by atoms with E-state index in [0.29, 0.717) is 11.8 Å². The van der Waals surface area contributed by atoms with Crippen molar-refractivity contribution in [3.8, 4) is 0 Å². The van der Waals surface area contributed by atoms with Crippen LogP contribution in [0, 0.1) is 11.8 Å². The Morgan fingerprint density at radius 1 is 1.15 bits per heavy atom. The molecule has 2 saturated heterocycles. The number of nitrogens with zero attached hydrogens (tertiary/aromatic N) is 2. The lowest BCUT2D eigenvalue weighted by atomic mass is 10.1. The Morgan fingerprint density at radius 3 is 2.77 bits per heavy atom. The Bertz CT molecular complexity index is 551. The Labute approximate surface area is 157 Å². The zero-order chi connectivity index (χ0) is 18.2. The number of amides is 2. The molecule has 26 heavy (non-hydrogen) atoms. The first-order chi connectivity index (χ1) is 12.7. The number of urea groups is 1. The molecule has 1 aromatic rings. The molecule has 2 heterocycles. The van der Waals surface area contributed by atoms with E-state index in [1.807, 2.05) is 11.8 Å². The van der Waals surface area contributed by atoms with Crippen LogP contribution in [-0.4, -0.2) is 68.3 Å². The predicted molar refractivity (Wildman–Crippen MR) is 104 cm³/mol.